The van der Waals surface area contributed by atoms with E-state index in [4.69, 9.17) is 5.11 Å². The summed E-state index contributed by atoms with van der Waals surface area (Å²) in [5.41, 5.74) is 5.40. The van der Waals surface area contributed by atoms with Gasteiger partial charge in [-0.15, -0.1) is 0 Å². The molecule has 1 amide bonds. The molecule has 1 aliphatic rings. The van der Waals surface area contributed by atoms with Crippen LogP contribution >= 0.6 is 11.8 Å². The van der Waals surface area contributed by atoms with Gasteiger partial charge in [-0.25, -0.2) is 0 Å². The minimum Gasteiger partial charge on any atom is -0.400 e. The van der Waals surface area contributed by atoms with Crippen LogP contribution in [0, 0.1) is 0 Å². The van der Waals surface area contributed by atoms with Crippen molar-refractivity contribution >= 4 is 41.0 Å². The van der Waals surface area contributed by atoms with Crippen LogP contribution in [0.2, 0.25) is 0 Å². The first-order valence-corrected chi connectivity index (χ1v) is 17.1. The molecule has 1 aliphatic heterocycles. The van der Waals surface area contributed by atoms with Crippen LogP contribution in [0.25, 0.3) is 11.3 Å². The topological polar surface area (TPSA) is 94.6 Å². The number of aliphatic hydroxyl groups excluding tert-OH is 1. The molecule has 0 saturated carbocycles. The number of halogens is 3. The van der Waals surface area contributed by atoms with Crippen LogP contribution in [0.15, 0.2) is 85.1 Å². The van der Waals surface area contributed by atoms with Crippen LogP contribution in [-0.4, -0.2) is 54.8 Å². The van der Waals surface area contributed by atoms with Gasteiger partial charge in [-0.05, 0) is 85.3 Å². The molecular formula is C37H41F3N4O3S. The van der Waals surface area contributed by atoms with Crippen molar-refractivity contribution < 1.29 is 27.9 Å². The average Bonchev–Trinajstić information content (AvgIpc) is 3.11. The standard InChI is InChI=1S/C36H37F3N4O2S.CH4O/c37-36(38,39)29-10-5-7-26(22-29)13-15-40-30-14-16-41-34(23-30)32-24-31(43-17-2-1-3-18-43)11-12-33(32)42-35(45)28-9-4-8-27(21-28)25-46-20-6-19-44;1-2/h4-5,7-12,14,16,19,21-24H,1-3,6,13,15,17-18,20,25H2,(H,40,41)(H,42,45);2H,1H3. The lowest BCUT2D eigenvalue weighted by atomic mass is 10.0. The molecular weight excluding hydrogens is 637 g/mol. The normalized spacial score (nSPS) is 12.9. The Kier molecular flexibility index (Phi) is 13.9. The monoisotopic (exact) mass is 678 g/mol. The number of thioether (sulfide) groups is 1. The minimum atomic E-state index is -4.38. The number of nitrogens with one attached hydrogen (secondary N) is 2. The molecule has 5 rings (SSSR count). The lowest BCUT2D eigenvalue weighted by Crippen LogP contribution is -2.29. The fourth-order valence-corrected chi connectivity index (χ4v) is 6.28. The third-order valence-corrected chi connectivity index (χ3v) is 8.91. The number of benzene rings is 3. The molecule has 3 N–H and O–H groups in total. The van der Waals surface area contributed by atoms with Gasteiger partial charge >= 0.3 is 6.18 Å². The molecule has 0 radical (unpaired) electrons. The van der Waals surface area contributed by atoms with Gasteiger partial charge in [0.1, 0.15) is 6.29 Å². The van der Waals surface area contributed by atoms with E-state index in [1.54, 1.807) is 30.1 Å². The third-order valence-electron chi connectivity index (χ3n) is 7.84. The van der Waals surface area contributed by atoms with Crippen LogP contribution in [0.3, 0.4) is 0 Å². The molecule has 0 unspecified atom stereocenters. The second-order valence-corrected chi connectivity index (χ2v) is 12.3. The summed E-state index contributed by atoms with van der Waals surface area (Å²) in [5, 5.41) is 13.4. The zero-order valence-electron chi connectivity index (χ0n) is 26.9. The van der Waals surface area contributed by atoms with Crippen LogP contribution in [0.5, 0.6) is 0 Å². The Hall–Kier alpha value is -4.35. The number of hydrogen-bond donors (Lipinski definition) is 3. The lowest BCUT2D eigenvalue weighted by Gasteiger charge is -2.29. The van der Waals surface area contributed by atoms with E-state index < -0.39 is 11.7 Å². The summed E-state index contributed by atoms with van der Waals surface area (Å²) < 4.78 is 39.4. The van der Waals surface area contributed by atoms with Gasteiger partial charge in [-0.2, -0.15) is 24.9 Å². The van der Waals surface area contributed by atoms with Crippen LogP contribution in [-0.2, 0) is 23.1 Å². The highest BCUT2D eigenvalue weighted by Gasteiger charge is 2.30. The number of alkyl halides is 3. The van der Waals surface area contributed by atoms with E-state index in [0.29, 0.717) is 47.6 Å². The van der Waals surface area contributed by atoms with Crippen LogP contribution in [0.4, 0.5) is 30.2 Å². The summed E-state index contributed by atoms with van der Waals surface area (Å²) >= 11 is 1.65. The second-order valence-electron chi connectivity index (χ2n) is 11.2. The van der Waals surface area contributed by atoms with Crippen molar-refractivity contribution in [3.63, 3.8) is 0 Å². The zero-order valence-corrected chi connectivity index (χ0v) is 27.7. The Labute approximate surface area is 284 Å². The first kappa shape index (κ1) is 36.5. The number of amides is 1. The molecule has 1 aromatic heterocycles. The van der Waals surface area contributed by atoms with E-state index in [1.165, 1.54) is 18.6 Å². The largest absolute Gasteiger partial charge is 0.416 e. The van der Waals surface area contributed by atoms with Gasteiger partial charge in [0.15, 0.2) is 0 Å². The van der Waals surface area contributed by atoms with E-state index in [2.05, 4.69) is 26.6 Å². The molecule has 7 nitrogen and oxygen atoms in total. The predicted molar refractivity (Wildman–Crippen MR) is 189 cm³/mol. The summed E-state index contributed by atoms with van der Waals surface area (Å²) in [5.74, 6) is 1.21. The summed E-state index contributed by atoms with van der Waals surface area (Å²) in [4.78, 5) is 31.1. The zero-order chi connectivity index (χ0) is 34.4. The maximum Gasteiger partial charge on any atom is 0.416 e. The number of nitrogens with zero attached hydrogens (tertiary/aromatic N) is 2. The van der Waals surface area contributed by atoms with Crippen molar-refractivity contribution in [2.24, 2.45) is 0 Å². The fourth-order valence-electron chi connectivity index (χ4n) is 5.46. The number of hydrogen-bond acceptors (Lipinski definition) is 7. The lowest BCUT2D eigenvalue weighted by molar-refractivity contribution is -0.137. The highest BCUT2D eigenvalue weighted by molar-refractivity contribution is 7.98. The third kappa shape index (κ3) is 10.6. The first-order chi connectivity index (χ1) is 23.3. The van der Waals surface area contributed by atoms with Gasteiger partial charge in [-0.3, -0.25) is 9.78 Å². The van der Waals surface area contributed by atoms with Crippen molar-refractivity contribution in [2.45, 2.75) is 44.0 Å². The quantitative estimate of drug-likeness (QED) is 0.0972. The summed E-state index contributed by atoms with van der Waals surface area (Å²) in [6.07, 6.45) is 2.60. The fraction of sp³-hybridized carbons (Fsp3) is 0.324. The number of carbonyl (C=O) groups excluding carboxylic acids is 2. The van der Waals surface area contributed by atoms with E-state index in [1.807, 2.05) is 42.5 Å². The summed E-state index contributed by atoms with van der Waals surface area (Å²) in [6, 6.07) is 22.6. The highest BCUT2D eigenvalue weighted by Crippen LogP contribution is 2.34. The second kappa shape index (κ2) is 18.3. The van der Waals surface area contributed by atoms with Gasteiger partial charge in [0.25, 0.3) is 5.91 Å². The van der Waals surface area contributed by atoms with Gasteiger partial charge in [-0.1, -0.05) is 30.3 Å². The molecule has 1 saturated heterocycles. The SMILES string of the molecule is CO.O=CCCSCc1cccc(C(=O)Nc2ccc(N3CCCCC3)cc2-c2cc(NCCc3cccc(C(F)(F)F)c3)ccn2)c1. The van der Waals surface area contributed by atoms with Crippen molar-refractivity contribution in [2.75, 3.05) is 48.0 Å². The van der Waals surface area contributed by atoms with Crippen molar-refractivity contribution in [1.82, 2.24) is 4.98 Å². The minimum absolute atomic E-state index is 0.234. The van der Waals surface area contributed by atoms with E-state index >= 15 is 0 Å². The number of pyridine rings is 1. The molecule has 0 aliphatic carbocycles. The molecule has 2 heterocycles. The molecule has 0 spiro atoms. The number of carbonyl (C=O) groups is 2. The Bertz CT molecular complexity index is 1640. The molecule has 11 heteroatoms. The Morgan fingerprint density at radius 2 is 1.73 bits per heavy atom. The van der Waals surface area contributed by atoms with E-state index in [9.17, 15) is 22.8 Å². The summed E-state index contributed by atoms with van der Waals surface area (Å²) in [6.45, 7) is 2.37. The summed E-state index contributed by atoms with van der Waals surface area (Å²) in [7, 11) is 1.00. The molecule has 254 valence electrons. The molecule has 3 aromatic carbocycles. The number of rotatable bonds is 13. The molecule has 48 heavy (non-hydrogen) atoms. The van der Waals surface area contributed by atoms with Crippen LogP contribution in [0.1, 0.15) is 52.7 Å². The molecule has 4 aromatic rings. The predicted octanol–water partition coefficient (Wildman–Crippen LogP) is 8.10. The molecule has 0 atom stereocenters. The Morgan fingerprint density at radius 3 is 2.50 bits per heavy atom. The average molecular weight is 679 g/mol. The number of aromatic nitrogens is 1. The van der Waals surface area contributed by atoms with Crippen molar-refractivity contribution in [1.29, 1.82) is 0 Å². The number of piperidine rings is 1. The number of anilines is 3. The maximum absolute atomic E-state index is 13.5. The highest BCUT2D eigenvalue weighted by atomic mass is 32.2. The Balaban J connectivity index is 0.00000255. The van der Waals surface area contributed by atoms with Crippen molar-refractivity contribution in [3.05, 3.63) is 107 Å². The molecule has 1 fully saturated rings. The maximum atomic E-state index is 13.5. The smallest absolute Gasteiger partial charge is 0.400 e. The van der Waals surface area contributed by atoms with Gasteiger partial charge in [0.05, 0.1) is 16.9 Å². The van der Waals surface area contributed by atoms with Gasteiger partial charge in [0.2, 0.25) is 0 Å². The number of aliphatic hydroxyl groups is 1. The first-order valence-electron chi connectivity index (χ1n) is 15.9. The van der Waals surface area contributed by atoms with Gasteiger partial charge in [0, 0.05) is 73.4 Å². The van der Waals surface area contributed by atoms with Crippen molar-refractivity contribution in [3.8, 4) is 11.3 Å². The van der Waals surface area contributed by atoms with E-state index in [0.717, 1.165) is 73.6 Å². The Morgan fingerprint density at radius 1 is 0.958 bits per heavy atom. The van der Waals surface area contributed by atoms with Crippen LogP contribution < -0.4 is 15.5 Å². The molecule has 0 bridgehead atoms. The van der Waals surface area contributed by atoms with Gasteiger partial charge < -0.3 is 25.4 Å². The van der Waals surface area contributed by atoms with E-state index in [-0.39, 0.29) is 5.91 Å². The number of aldehydes is 1.